The minimum Gasteiger partial charge on any atom is -0.457 e. The summed E-state index contributed by atoms with van der Waals surface area (Å²) in [4.78, 5) is 37.4. The zero-order chi connectivity index (χ0) is 25.5. The predicted octanol–water partition coefficient (Wildman–Crippen LogP) is 2.73. The lowest BCUT2D eigenvalue weighted by Crippen LogP contribution is -2.55. The van der Waals surface area contributed by atoms with E-state index in [1.807, 2.05) is 33.8 Å². The predicted molar refractivity (Wildman–Crippen MR) is 128 cm³/mol. The number of rotatable bonds is 8. The van der Waals surface area contributed by atoms with Crippen molar-refractivity contribution in [1.82, 2.24) is 0 Å². The number of ketones is 2. The minimum absolute atomic E-state index is 0.0404. The van der Waals surface area contributed by atoms with Gasteiger partial charge in [0.2, 0.25) is 0 Å². The van der Waals surface area contributed by atoms with E-state index in [0.29, 0.717) is 32.2 Å². The Morgan fingerprint density at radius 2 is 2.00 bits per heavy atom. The van der Waals surface area contributed by atoms with Crippen LogP contribution in [-0.4, -0.2) is 52.6 Å². The van der Waals surface area contributed by atoms with Gasteiger partial charge in [-0.25, -0.2) is 0 Å². The summed E-state index contributed by atoms with van der Waals surface area (Å²) in [5.74, 6) is -2.23. The number of aliphatic hydroxyl groups is 2. The van der Waals surface area contributed by atoms with E-state index in [1.54, 1.807) is 19.1 Å². The Hall–Kier alpha value is -1.83. The molecular formula is C27H41NO6. The summed E-state index contributed by atoms with van der Waals surface area (Å²) in [7, 11) is 0. The molecule has 2 fully saturated rings. The van der Waals surface area contributed by atoms with Crippen molar-refractivity contribution in [3.63, 3.8) is 0 Å². The molecule has 7 atom stereocenters. The van der Waals surface area contributed by atoms with Crippen LogP contribution in [0.25, 0.3) is 0 Å². The second-order valence-corrected chi connectivity index (χ2v) is 11.5. The van der Waals surface area contributed by atoms with Gasteiger partial charge in [0.15, 0.2) is 11.6 Å². The van der Waals surface area contributed by atoms with Gasteiger partial charge in [-0.2, -0.15) is 0 Å². The number of hydrogen-bond acceptors (Lipinski definition) is 7. The summed E-state index contributed by atoms with van der Waals surface area (Å²) in [5, 5.41) is 22.8. The number of carbonyl (C=O) groups is 3. The topological polar surface area (TPSA) is 127 Å². The minimum atomic E-state index is -1.32. The van der Waals surface area contributed by atoms with Crippen LogP contribution in [0, 0.1) is 34.5 Å². The van der Waals surface area contributed by atoms with E-state index in [9.17, 15) is 24.6 Å². The van der Waals surface area contributed by atoms with Gasteiger partial charge in [-0.1, -0.05) is 46.3 Å². The molecule has 0 heterocycles. The Kier molecular flexibility index (Phi) is 7.61. The normalized spacial score (nSPS) is 36.6. The molecule has 190 valence electrons. The van der Waals surface area contributed by atoms with Crippen molar-refractivity contribution < 1.29 is 29.3 Å². The van der Waals surface area contributed by atoms with Crippen molar-refractivity contribution in [2.45, 2.75) is 78.4 Å². The van der Waals surface area contributed by atoms with E-state index in [4.69, 9.17) is 10.5 Å². The molecule has 0 bridgehead atoms. The van der Waals surface area contributed by atoms with Gasteiger partial charge in [0.05, 0.1) is 23.5 Å². The first-order valence-corrected chi connectivity index (χ1v) is 12.5. The van der Waals surface area contributed by atoms with Gasteiger partial charge >= 0.3 is 5.97 Å². The van der Waals surface area contributed by atoms with Gasteiger partial charge in [-0.05, 0) is 61.6 Å². The SMILES string of the molecule is CCC1=CC(=O)C=CC1(C)C1CC2CCC(C(=O)COC(=O)C(C)C(C)(C)CN)C2(O)CC1O. The summed E-state index contributed by atoms with van der Waals surface area (Å²) in [5.41, 5.74) is 4.51. The lowest BCUT2D eigenvalue weighted by molar-refractivity contribution is -0.163. The highest BCUT2D eigenvalue weighted by Crippen LogP contribution is 2.56. The molecule has 2 saturated carbocycles. The third-order valence-corrected chi connectivity index (χ3v) is 9.20. The summed E-state index contributed by atoms with van der Waals surface area (Å²) in [6, 6.07) is 0. The Morgan fingerprint density at radius 1 is 1.32 bits per heavy atom. The van der Waals surface area contributed by atoms with Gasteiger partial charge in [0.1, 0.15) is 6.61 Å². The second kappa shape index (κ2) is 9.67. The Morgan fingerprint density at radius 3 is 2.62 bits per heavy atom. The van der Waals surface area contributed by atoms with E-state index in [0.717, 1.165) is 5.57 Å². The molecule has 3 aliphatic rings. The smallest absolute Gasteiger partial charge is 0.309 e. The number of fused-ring (bicyclic) bond motifs is 1. The molecule has 7 nitrogen and oxygen atoms in total. The molecule has 3 rings (SSSR count). The molecule has 0 aromatic heterocycles. The number of Topliss-reactive ketones (excluding diaryl/α,β-unsaturated/α-hetero) is 1. The van der Waals surface area contributed by atoms with Crippen LogP contribution in [-0.2, 0) is 19.1 Å². The zero-order valence-corrected chi connectivity index (χ0v) is 21.2. The van der Waals surface area contributed by atoms with Crippen LogP contribution in [0.2, 0.25) is 0 Å². The third kappa shape index (κ3) is 4.67. The second-order valence-electron chi connectivity index (χ2n) is 11.5. The number of hydrogen-bond donors (Lipinski definition) is 3. The van der Waals surface area contributed by atoms with Crippen LogP contribution in [0.4, 0.5) is 0 Å². The molecule has 4 N–H and O–H groups in total. The molecular weight excluding hydrogens is 434 g/mol. The molecule has 0 radical (unpaired) electrons. The molecule has 0 aliphatic heterocycles. The van der Waals surface area contributed by atoms with Crippen LogP contribution in [0.3, 0.4) is 0 Å². The van der Waals surface area contributed by atoms with Crippen LogP contribution in [0.5, 0.6) is 0 Å². The average Bonchev–Trinajstić information content (AvgIpc) is 3.13. The zero-order valence-electron chi connectivity index (χ0n) is 21.2. The van der Waals surface area contributed by atoms with Crippen molar-refractivity contribution in [3.05, 3.63) is 23.8 Å². The maximum Gasteiger partial charge on any atom is 0.309 e. The van der Waals surface area contributed by atoms with E-state index in [1.165, 1.54) is 0 Å². The number of carbonyl (C=O) groups excluding carboxylic acids is 3. The molecule has 0 aromatic carbocycles. The van der Waals surface area contributed by atoms with E-state index < -0.39 is 40.3 Å². The van der Waals surface area contributed by atoms with Crippen molar-refractivity contribution in [3.8, 4) is 0 Å². The fraction of sp³-hybridized carbons (Fsp3) is 0.741. The fourth-order valence-corrected chi connectivity index (χ4v) is 6.25. The molecule has 0 amide bonds. The van der Waals surface area contributed by atoms with Crippen molar-refractivity contribution in [1.29, 1.82) is 0 Å². The highest BCUT2D eigenvalue weighted by molar-refractivity contribution is 6.01. The summed E-state index contributed by atoms with van der Waals surface area (Å²) in [6.45, 7) is 9.48. The molecule has 3 aliphatic carbocycles. The Bertz CT molecular complexity index is 892. The van der Waals surface area contributed by atoms with Crippen LogP contribution in [0.15, 0.2) is 23.8 Å². The monoisotopic (exact) mass is 475 g/mol. The van der Waals surface area contributed by atoms with E-state index >= 15 is 0 Å². The molecule has 0 spiro atoms. The Labute approximate surface area is 202 Å². The van der Waals surface area contributed by atoms with Crippen LogP contribution < -0.4 is 5.73 Å². The molecule has 7 heteroatoms. The van der Waals surface area contributed by atoms with Gasteiger partial charge in [0, 0.05) is 11.8 Å². The lowest BCUT2D eigenvalue weighted by atomic mass is 9.57. The van der Waals surface area contributed by atoms with Crippen molar-refractivity contribution in [2.24, 2.45) is 40.2 Å². The number of ether oxygens (including phenoxy) is 1. The highest BCUT2D eigenvalue weighted by atomic mass is 16.5. The lowest BCUT2D eigenvalue weighted by Gasteiger charge is -2.50. The molecule has 0 aromatic rings. The first-order chi connectivity index (χ1) is 15.8. The molecule has 0 saturated heterocycles. The maximum absolute atomic E-state index is 13.0. The fourth-order valence-electron chi connectivity index (χ4n) is 6.25. The average molecular weight is 476 g/mol. The highest BCUT2D eigenvalue weighted by Gasteiger charge is 2.59. The number of aliphatic hydroxyl groups excluding tert-OH is 1. The quantitative estimate of drug-likeness (QED) is 0.461. The molecule has 7 unspecified atom stereocenters. The summed E-state index contributed by atoms with van der Waals surface area (Å²) < 4.78 is 5.32. The van der Waals surface area contributed by atoms with Gasteiger partial charge < -0.3 is 20.7 Å². The Balaban J connectivity index is 1.70. The van der Waals surface area contributed by atoms with Gasteiger partial charge in [-0.15, -0.1) is 0 Å². The van der Waals surface area contributed by atoms with Crippen molar-refractivity contribution in [2.75, 3.05) is 13.2 Å². The van der Waals surface area contributed by atoms with Crippen molar-refractivity contribution >= 4 is 17.5 Å². The van der Waals surface area contributed by atoms with Crippen LogP contribution >= 0.6 is 0 Å². The molecule has 34 heavy (non-hydrogen) atoms. The van der Waals surface area contributed by atoms with Crippen LogP contribution in [0.1, 0.15) is 66.7 Å². The van der Waals surface area contributed by atoms with E-state index in [-0.39, 0.29) is 36.4 Å². The first-order valence-electron chi connectivity index (χ1n) is 12.5. The number of allylic oxidation sites excluding steroid dienone is 4. The number of esters is 1. The number of nitrogens with two attached hydrogens (primary N) is 1. The summed E-state index contributed by atoms with van der Waals surface area (Å²) in [6.07, 6.45) is 6.84. The maximum atomic E-state index is 13.0. The largest absolute Gasteiger partial charge is 0.457 e. The van der Waals surface area contributed by atoms with Gasteiger partial charge in [0.25, 0.3) is 0 Å². The summed E-state index contributed by atoms with van der Waals surface area (Å²) >= 11 is 0. The third-order valence-electron chi connectivity index (χ3n) is 9.20. The van der Waals surface area contributed by atoms with E-state index in [2.05, 4.69) is 0 Å². The standard InChI is InChI=1S/C27H41NO6/c1-6-17-11-19(29)9-10-26(17,5)21-12-18-7-8-20(27(18,33)13-22(21)30)23(31)14-34-24(32)16(2)25(3,4)15-28/h9-11,16,18,20-22,30,33H,6-8,12-15,28H2,1-5H3. The van der Waals surface area contributed by atoms with Gasteiger partial charge in [-0.3, -0.25) is 14.4 Å². The first kappa shape index (κ1) is 26.8.